The van der Waals surface area contributed by atoms with Gasteiger partial charge in [0.05, 0.1) is 31.2 Å². The Bertz CT molecular complexity index is 1010. The van der Waals surface area contributed by atoms with E-state index in [2.05, 4.69) is 16.6 Å². The van der Waals surface area contributed by atoms with E-state index >= 15 is 0 Å². The van der Waals surface area contributed by atoms with Gasteiger partial charge in [0.1, 0.15) is 12.4 Å². The molecule has 0 aliphatic heterocycles. The topological polar surface area (TPSA) is 73.9 Å². The highest BCUT2D eigenvalue weighted by Gasteiger charge is 2.30. The summed E-state index contributed by atoms with van der Waals surface area (Å²) >= 11 is 0. The summed E-state index contributed by atoms with van der Waals surface area (Å²) in [5.41, 5.74) is -0.828. The lowest BCUT2D eigenvalue weighted by Gasteiger charge is -2.10. The minimum absolute atomic E-state index is 0.0139. The third-order valence-electron chi connectivity index (χ3n) is 3.61. The lowest BCUT2D eigenvalue weighted by atomic mass is 10.2. The first-order chi connectivity index (χ1) is 13.7. The molecular formula is C19H18F3NO5S. The zero-order valence-corrected chi connectivity index (χ0v) is 16.4. The second kappa shape index (κ2) is 9.54. The Morgan fingerprint density at radius 2 is 1.72 bits per heavy atom. The van der Waals surface area contributed by atoms with E-state index in [1.807, 2.05) is 0 Å². The molecule has 0 amide bonds. The van der Waals surface area contributed by atoms with E-state index in [0.717, 1.165) is 12.1 Å². The highest BCUT2D eigenvalue weighted by molar-refractivity contribution is 7.89. The van der Waals surface area contributed by atoms with Crippen molar-refractivity contribution in [1.82, 2.24) is 4.72 Å². The molecule has 2 rings (SSSR count). The predicted molar refractivity (Wildman–Crippen MR) is 99.4 cm³/mol. The number of hydrogen-bond acceptors (Lipinski definition) is 5. The van der Waals surface area contributed by atoms with Crippen molar-refractivity contribution in [2.24, 2.45) is 0 Å². The molecule has 0 saturated heterocycles. The van der Waals surface area contributed by atoms with Crippen molar-refractivity contribution < 1.29 is 35.8 Å². The molecule has 156 valence electrons. The maximum Gasteiger partial charge on any atom is 0.416 e. The monoisotopic (exact) mass is 429 g/mol. The molecule has 1 N–H and O–H groups in total. The number of alkyl halides is 3. The fourth-order valence-electron chi connectivity index (χ4n) is 2.19. The number of halogens is 3. The average molecular weight is 429 g/mol. The number of nitrogens with one attached hydrogen (secondary N) is 1. The van der Waals surface area contributed by atoms with E-state index in [4.69, 9.17) is 14.2 Å². The smallest absolute Gasteiger partial charge is 0.416 e. The highest BCUT2D eigenvalue weighted by Crippen LogP contribution is 2.31. The fraction of sp³-hybridized carbons (Fsp3) is 0.263. The summed E-state index contributed by atoms with van der Waals surface area (Å²) in [5.74, 6) is 5.73. The Balaban J connectivity index is 1.91. The first-order valence-electron chi connectivity index (χ1n) is 8.15. The second-order valence-electron chi connectivity index (χ2n) is 5.51. The lowest BCUT2D eigenvalue weighted by Crippen LogP contribution is -2.24. The summed E-state index contributed by atoms with van der Waals surface area (Å²) in [6.45, 7) is -0.401. The van der Waals surface area contributed by atoms with Crippen LogP contribution in [0.25, 0.3) is 0 Å². The Morgan fingerprint density at radius 1 is 1.00 bits per heavy atom. The Hall–Kier alpha value is -2.90. The van der Waals surface area contributed by atoms with Crippen molar-refractivity contribution in [1.29, 1.82) is 0 Å². The van der Waals surface area contributed by atoms with E-state index in [9.17, 15) is 21.6 Å². The Morgan fingerprint density at radius 3 is 2.38 bits per heavy atom. The zero-order valence-electron chi connectivity index (χ0n) is 15.5. The van der Waals surface area contributed by atoms with Crippen LogP contribution in [0.3, 0.4) is 0 Å². The first-order valence-corrected chi connectivity index (χ1v) is 9.63. The van der Waals surface area contributed by atoms with Crippen LogP contribution in [-0.4, -0.2) is 35.8 Å². The van der Waals surface area contributed by atoms with E-state index in [1.165, 1.54) is 44.6 Å². The van der Waals surface area contributed by atoms with Gasteiger partial charge in [-0.15, -0.1) is 0 Å². The zero-order chi connectivity index (χ0) is 21.5. The van der Waals surface area contributed by atoms with Gasteiger partial charge in [-0.1, -0.05) is 17.9 Å². The number of hydrogen-bond donors (Lipinski definition) is 1. The van der Waals surface area contributed by atoms with Gasteiger partial charge in [-0.25, -0.2) is 8.42 Å². The van der Waals surface area contributed by atoms with Crippen molar-refractivity contribution in [2.45, 2.75) is 11.1 Å². The molecule has 2 aromatic rings. The molecule has 10 heteroatoms. The van der Waals surface area contributed by atoms with E-state index in [-0.39, 0.29) is 29.5 Å². The standard InChI is InChI=1S/C19H18F3NO5S/c1-26-17-9-8-16(13-18(17)27-2)29(24,25)23-10-3-4-11-28-15-7-5-6-14(12-15)19(20,21)22/h5-9,12-13,23H,10-11H2,1-2H3. The van der Waals surface area contributed by atoms with Gasteiger partial charge in [0.15, 0.2) is 11.5 Å². The highest BCUT2D eigenvalue weighted by atomic mass is 32.2. The number of benzene rings is 2. The van der Waals surface area contributed by atoms with Gasteiger partial charge in [0, 0.05) is 6.07 Å². The normalized spacial score (nSPS) is 11.3. The van der Waals surface area contributed by atoms with Crippen LogP contribution in [0.2, 0.25) is 0 Å². The van der Waals surface area contributed by atoms with Crippen molar-refractivity contribution in [2.75, 3.05) is 27.4 Å². The van der Waals surface area contributed by atoms with Crippen LogP contribution in [0.15, 0.2) is 47.4 Å². The molecule has 0 fully saturated rings. The van der Waals surface area contributed by atoms with Gasteiger partial charge in [-0.05, 0) is 30.3 Å². The maximum absolute atomic E-state index is 12.6. The van der Waals surface area contributed by atoms with Gasteiger partial charge < -0.3 is 14.2 Å². The number of methoxy groups -OCH3 is 2. The van der Waals surface area contributed by atoms with Gasteiger partial charge >= 0.3 is 6.18 Å². The second-order valence-corrected chi connectivity index (χ2v) is 7.28. The van der Waals surface area contributed by atoms with Gasteiger partial charge in [-0.3, -0.25) is 0 Å². The van der Waals surface area contributed by atoms with Crippen LogP contribution >= 0.6 is 0 Å². The molecule has 2 aromatic carbocycles. The summed E-state index contributed by atoms with van der Waals surface area (Å²) < 4.78 is 80.0. The molecule has 0 saturated carbocycles. The number of ether oxygens (including phenoxy) is 3. The third-order valence-corrected chi connectivity index (χ3v) is 5.01. The molecule has 0 bridgehead atoms. The van der Waals surface area contributed by atoms with Crippen LogP contribution in [0.4, 0.5) is 13.2 Å². The third kappa shape index (κ3) is 6.30. The maximum atomic E-state index is 12.6. The summed E-state index contributed by atoms with van der Waals surface area (Å²) in [6, 6.07) is 8.52. The van der Waals surface area contributed by atoms with Crippen molar-refractivity contribution >= 4 is 10.0 Å². The summed E-state index contributed by atoms with van der Waals surface area (Å²) in [4.78, 5) is -0.0304. The average Bonchev–Trinajstić information content (AvgIpc) is 2.69. The van der Waals surface area contributed by atoms with Crippen molar-refractivity contribution in [3.8, 4) is 29.1 Å². The summed E-state index contributed by atoms with van der Waals surface area (Å²) in [6.07, 6.45) is -4.46. The summed E-state index contributed by atoms with van der Waals surface area (Å²) in [7, 11) is -1.01. The largest absolute Gasteiger partial charge is 0.493 e. The van der Waals surface area contributed by atoms with Crippen molar-refractivity contribution in [3.63, 3.8) is 0 Å². The quantitative estimate of drug-likeness (QED) is 0.685. The Kier molecular flexibility index (Phi) is 7.36. The van der Waals surface area contributed by atoms with Gasteiger partial charge in [-0.2, -0.15) is 17.9 Å². The molecular weight excluding hydrogens is 411 g/mol. The van der Waals surface area contributed by atoms with Gasteiger partial charge in [0.2, 0.25) is 10.0 Å². The molecule has 29 heavy (non-hydrogen) atoms. The number of rotatable bonds is 7. The van der Waals surface area contributed by atoms with Crippen LogP contribution in [0, 0.1) is 11.8 Å². The summed E-state index contributed by atoms with van der Waals surface area (Å²) in [5, 5.41) is 0. The molecule has 0 atom stereocenters. The van der Waals surface area contributed by atoms with Crippen LogP contribution in [-0.2, 0) is 16.2 Å². The van der Waals surface area contributed by atoms with Crippen LogP contribution in [0.5, 0.6) is 17.2 Å². The molecule has 6 nitrogen and oxygen atoms in total. The Labute approximate surface area is 166 Å². The van der Waals surface area contributed by atoms with Crippen LogP contribution in [0.1, 0.15) is 5.56 Å². The molecule has 0 radical (unpaired) electrons. The van der Waals surface area contributed by atoms with E-state index in [0.29, 0.717) is 5.75 Å². The molecule has 0 unspecified atom stereocenters. The predicted octanol–water partition coefficient (Wildman–Crippen LogP) is 3.08. The number of sulfonamides is 1. The molecule has 0 aliphatic rings. The molecule has 0 aromatic heterocycles. The van der Waals surface area contributed by atoms with E-state index < -0.39 is 21.8 Å². The van der Waals surface area contributed by atoms with Crippen molar-refractivity contribution in [3.05, 3.63) is 48.0 Å². The van der Waals surface area contributed by atoms with Gasteiger partial charge in [0.25, 0.3) is 0 Å². The molecule has 0 aliphatic carbocycles. The minimum Gasteiger partial charge on any atom is -0.493 e. The first kappa shape index (κ1) is 22.4. The van der Waals surface area contributed by atoms with Crippen LogP contribution < -0.4 is 18.9 Å². The minimum atomic E-state index is -4.46. The fourth-order valence-corrected chi connectivity index (χ4v) is 3.13. The van der Waals surface area contributed by atoms with E-state index in [1.54, 1.807) is 0 Å². The molecule has 0 spiro atoms. The SMILES string of the molecule is COc1ccc(S(=O)(=O)NCC#CCOc2cccc(C(F)(F)F)c2)cc1OC. The lowest BCUT2D eigenvalue weighted by molar-refractivity contribution is -0.137. The molecule has 0 heterocycles.